The summed E-state index contributed by atoms with van der Waals surface area (Å²) in [4.78, 5) is 48.5. The number of nitrogens with zero attached hydrogens (tertiary/aromatic N) is 1. The fraction of sp³-hybridized carbons (Fsp3) is 0.304. The third kappa shape index (κ3) is 5.48. The van der Waals surface area contributed by atoms with Crippen LogP contribution < -0.4 is 10.1 Å². The van der Waals surface area contributed by atoms with Gasteiger partial charge in [-0.25, -0.2) is 0 Å². The number of carbonyl (C=O) groups excluding carboxylic acids is 3. The van der Waals surface area contributed by atoms with Gasteiger partial charge >= 0.3 is 5.97 Å². The van der Waals surface area contributed by atoms with Crippen molar-refractivity contribution in [3.63, 3.8) is 0 Å². The minimum absolute atomic E-state index is 0.121. The molecule has 8 heteroatoms. The fourth-order valence-electron chi connectivity index (χ4n) is 3.39. The van der Waals surface area contributed by atoms with Crippen molar-refractivity contribution in [2.45, 2.75) is 32.6 Å². The number of fused-ring (bicyclic) bond motifs is 1. The van der Waals surface area contributed by atoms with Crippen LogP contribution in [0.5, 0.6) is 5.75 Å². The number of rotatable bonds is 10. The lowest BCUT2D eigenvalue weighted by Gasteiger charge is -2.13. The highest BCUT2D eigenvalue weighted by molar-refractivity contribution is 6.22. The van der Waals surface area contributed by atoms with Crippen LogP contribution in [0.3, 0.4) is 0 Å². The number of imide groups is 1. The first kappa shape index (κ1) is 22.0. The maximum absolute atomic E-state index is 12.6. The number of aryl methyl sites for hydroxylation is 1. The van der Waals surface area contributed by atoms with E-state index >= 15 is 0 Å². The van der Waals surface area contributed by atoms with Crippen LogP contribution in [0.25, 0.3) is 0 Å². The normalized spacial score (nSPS) is 12.6. The van der Waals surface area contributed by atoms with E-state index in [0.717, 1.165) is 24.2 Å². The topological polar surface area (TPSA) is 113 Å². The zero-order chi connectivity index (χ0) is 22.4. The van der Waals surface area contributed by atoms with Gasteiger partial charge in [0.25, 0.3) is 11.8 Å². The number of benzene rings is 2. The summed E-state index contributed by atoms with van der Waals surface area (Å²) >= 11 is 0. The SMILES string of the molecule is CC(=O)Nc1cc2c(cc1OCCCCc1ccccc1)C(=O)N(CCC(=O)O)C2=O. The highest BCUT2D eigenvalue weighted by Crippen LogP contribution is 2.34. The molecule has 3 amide bonds. The quantitative estimate of drug-likeness (QED) is 0.448. The smallest absolute Gasteiger partial charge is 0.305 e. The van der Waals surface area contributed by atoms with Gasteiger partial charge in [0.05, 0.1) is 29.8 Å². The molecule has 0 unspecified atom stereocenters. The Labute approximate surface area is 179 Å². The molecule has 2 aromatic rings. The van der Waals surface area contributed by atoms with Crippen molar-refractivity contribution < 1.29 is 29.0 Å². The lowest BCUT2D eigenvalue weighted by Crippen LogP contribution is -2.31. The highest BCUT2D eigenvalue weighted by atomic mass is 16.5. The van der Waals surface area contributed by atoms with Gasteiger partial charge in [0.2, 0.25) is 5.91 Å². The van der Waals surface area contributed by atoms with Gasteiger partial charge in [-0.1, -0.05) is 30.3 Å². The number of nitrogens with one attached hydrogen (secondary N) is 1. The van der Waals surface area contributed by atoms with E-state index in [1.807, 2.05) is 18.2 Å². The molecule has 0 fully saturated rings. The third-order valence-electron chi connectivity index (χ3n) is 4.89. The maximum atomic E-state index is 12.6. The van der Waals surface area contributed by atoms with Crippen LogP contribution in [-0.2, 0) is 16.0 Å². The van der Waals surface area contributed by atoms with Crippen molar-refractivity contribution in [1.29, 1.82) is 0 Å². The summed E-state index contributed by atoms with van der Waals surface area (Å²) in [5.74, 6) is -2.29. The Bertz CT molecular complexity index is 1000. The van der Waals surface area contributed by atoms with Gasteiger partial charge in [-0.15, -0.1) is 0 Å². The molecule has 0 aromatic heterocycles. The Hall–Kier alpha value is -3.68. The fourth-order valence-corrected chi connectivity index (χ4v) is 3.39. The number of hydrogen-bond acceptors (Lipinski definition) is 5. The number of amides is 3. The molecular weight excluding hydrogens is 400 g/mol. The highest BCUT2D eigenvalue weighted by Gasteiger charge is 2.37. The first-order valence-electron chi connectivity index (χ1n) is 10.1. The molecule has 2 aromatic carbocycles. The summed E-state index contributed by atoms with van der Waals surface area (Å²) in [6.07, 6.45) is 2.25. The molecule has 0 bridgehead atoms. The standard InChI is InChI=1S/C23H24N2O6/c1-15(26)24-19-13-17-18(23(30)25(22(17)29)11-10-21(27)28)14-20(19)31-12-6-5-9-16-7-3-2-4-8-16/h2-4,7-8,13-14H,5-6,9-12H2,1H3,(H,24,26)(H,27,28). The van der Waals surface area contributed by atoms with Crippen LogP contribution in [0.1, 0.15) is 52.5 Å². The minimum Gasteiger partial charge on any atom is -0.491 e. The van der Waals surface area contributed by atoms with E-state index < -0.39 is 17.8 Å². The summed E-state index contributed by atoms with van der Waals surface area (Å²) in [5, 5.41) is 11.5. The van der Waals surface area contributed by atoms with Crippen molar-refractivity contribution >= 4 is 29.4 Å². The Morgan fingerprint density at radius 2 is 1.71 bits per heavy atom. The molecule has 1 aliphatic heterocycles. The summed E-state index contributed by atoms with van der Waals surface area (Å²) in [7, 11) is 0. The molecule has 8 nitrogen and oxygen atoms in total. The number of aliphatic carboxylic acids is 1. The lowest BCUT2D eigenvalue weighted by molar-refractivity contribution is -0.137. The Morgan fingerprint density at radius 3 is 2.35 bits per heavy atom. The Morgan fingerprint density at radius 1 is 1.03 bits per heavy atom. The van der Waals surface area contributed by atoms with Gasteiger partial charge in [-0.2, -0.15) is 0 Å². The lowest BCUT2D eigenvalue weighted by atomic mass is 10.1. The van der Waals surface area contributed by atoms with Crippen molar-refractivity contribution in [2.24, 2.45) is 0 Å². The number of carboxylic acids is 1. The molecule has 1 aliphatic rings. The van der Waals surface area contributed by atoms with Crippen LogP contribution in [0.2, 0.25) is 0 Å². The van der Waals surface area contributed by atoms with E-state index in [0.29, 0.717) is 18.0 Å². The number of hydrogen-bond donors (Lipinski definition) is 2. The maximum Gasteiger partial charge on any atom is 0.305 e. The van der Waals surface area contributed by atoms with Crippen molar-refractivity contribution in [2.75, 3.05) is 18.5 Å². The molecule has 2 N–H and O–H groups in total. The van der Waals surface area contributed by atoms with Gasteiger partial charge in [-0.05, 0) is 37.0 Å². The van der Waals surface area contributed by atoms with Crippen LogP contribution in [0.4, 0.5) is 5.69 Å². The van der Waals surface area contributed by atoms with Crippen molar-refractivity contribution in [3.05, 3.63) is 59.2 Å². The molecule has 0 aliphatic carbocycles. The summed E-state index contributed by atoms with van der Waals surface area (Å²) in [5.41, 5.74) is 1.81. The van der Waals surface area contributed by atoms with E-state index in [2.05, 4.69) is 17.4 Å². The predicted octanol–water partition coefficient (Wildman–Crippen LogP) is 3.12. The molecule has 0 radical (unpaired) electrons. The summed E-state index contributed by atoms with van der Waals surface area (Å²) < 4.78 is 5.83. The van der Waals surface area contributed by atoms with Crippen LogP contribution >= 0.6 is 0 Å². The van der Waals surface area contributed by atoms with E-state index in [4.69, 9.17) is 9.84 Å². The zero-order valence-electron chi connectivity index (χ0n) is 17.2. The molecule has 0 saturated heterocycles. The predicted molar refractivity (Wildman–Crippen MR) is 113 cm³/mol. The Kier molecular flexibility index (Phi) is 7.02. The second kappa shape index (κ2) is 9.88. The average Bonchev–Trinajstić information content (AvgIpc) is 2.96. The monoisotopic (exact) mass is 424 g/mol. The third-order valence-corrected chi connectivity index (χ3v) is 4.89. The van der Waals surface area contributed by atoms with E-state index in [1.165, 1.54) is 24.6 Å². The van der Waals surface area contributed by atoms with Gasteiger partial charge in [0.15, 0.2) is 0 Å². The van der Waals surface area contributed by atoms with E-state index in [9.17, 15) is 19.2 Å². The molecule has 3 rings (SSSR count). The second-order valence-electron chi connectivity index (χ2n) is 7.27. The molecule has 31 heavy (non-hydrogen) atoms. The van der Waals surface area contributed by atoms with Crippen LogP contribution in [-0.4, -0.2) is 46.8 Å². The summed E-state index contributed by atoms with van der Waals surface area (Å²) in [6, 6.07) is 12.9. The zero-order valence-corrected chi connectivity index (χ0v) is 17.2. The van der Waals surface area contributed by atoms with Gasteiger partial charge in [0.1, 0.15) is 5.75 Å². The first-order valence-corrected chi connectivity index (χ1v) is 10.1. The van der Waals surface area contributed by atoms with Gasteiger partial charge < -0.3 is 15.2 Å². The first-order chi connectivity index (χ1) is 14.9. The second-order valence-corrected chi connectivity index (χ2v) is 7.27. The Balaban J connectivity index is 1.70. The number of unbranched alkanes of at least 4 members (excludes halogenated alkanes) is 1. The molecule has 0 saturated carbocycles. The van der Waals surface area contributed by atoms with E-state index in [-0.39, 0.29) is 30.0 Å². The molecule has 162 valence electrons. The van der Waals surface area contributed by atoms with Crippen LogP contribution in [0, 0.1) is 0 Å². The average molecular weight is 424 g/mol. The molecular formula is C23H24N2O6. The number of carboxylic acid groups (broad SMARTS) is 1. The van der Waals surface area contributed by atoms with Crippen molar-refractivity contribution in [1.82, 2.24) is 4.90 Å². The van der Waals surface area contributed by atoms with Gasteiger partial charge in [-0.3, -0.25) is 24.1 Å². The minimum atomic E-state index is -1.10. The van der Waals surface area contributed by atoms with E-state index in [1.54, 1.807) is 0 Å². The summed E-state index contributed by atoms with van der Waals surface area (Å²) in [6.45, 7) is 1.50. The van der Waals surface area contributed by atoms with Gasteiger partial charge in [0, 0.05) is 13.5 Å². The largest absolute Gasteiger partial charge is 0.491 e. The molecule has 0 atom stereocenters. The van der Waals surface area contributed by atoms with Crippen molar-refractivity contribution in [3.8, 4) is 5.75 Å². The number of carbonyl (C=O) groups is 4. The molecule has 1 heterocycles. The molecule has 0 spiro atoms. The number of ether oxygens (including phenoxy) is 1. The van der Waals surface area contributed by atoms with Crippen LogP contribution in [0.15, 0.2) is 42.5 Å². The number of anilines is 1.